The summed E-state index contributed by atoms with van der Waals surface area (Å²) in [5.74, 6) is -0.490. The lowest BCUT2D eigenvalue weighted by molar-refractivity contribution is 0.0369. The number of nitrogens with zero attached hydrogens (tertiary/aromatic N) is 4. The van der Waals surface area contributed by atoms with Gasteiger partial charge in [-0.15, -0.1) is 0 Å². The molecule has 0 spiro atoms. The summed E-state index contributed by atoms with van der Waals surface area (Å²) in [6.07, 6.45) is 2.61. The van der Waals surface area contributed by atoms with E-state index >= 15 is 0 Å². The van der Waals surface area contributed by atoms with E-state index in [0.717, 1.165) is 81.4 Å². The summed E-state index contributed by atoms with van der Waals surface area (Å²) in [5.41, 5.74) is 11.0. The summed E-state index contributed by atoms with van der Waals surface area (Å²) < 4.78 is 11.2. The molecule has 8 nitrogen and oxygen atoms in total. The Morgan fingerprint density at radius 1 is 1.03 bits per heavy atom. The van der Waals surface area contributed by atoms with Crippen molar-refractivity contribution in [2.45, 2.75) is 46.6 Å². The molecule has 0 atom stereocenters. The van der Waals surface area contributed by atoms with Crippen molar-refractivity contribution >= 4 is 5.91 Å². The number of primary amides is 1. The van der Waals surface area contributed by atoms with E-state index in [4.69, 9.17) is 10.5 Å². The summed E-state index contributed by atoms with van der Waals surface area (Å²) in [5, 5.41) is 0. The SMILES string of the molecule is CCCc1c(-c2c(C)n(C)n(-c3ccccc3)c2=O)c(C(N)=O)c(C)n1CCCN1CCOCC1. The van der Waals surface area contributed by atoms with E-state index in [1.54, 1.807) is 4.68 Å². The minimum absolute atomic E-state index is 0.137. The highest BCUT2D eigenvalue weighted by Crippen LogP contribution is 2.34. The van der Waals surface area contributed by atoms with Crippen LogP contribution in [0.15, 0.2) is 35.1 Å². The first-order valence-corrected chi connectivity index (χ1v) is 12.5. The first kappa shape index (κ1) is 25.0. The summed E-state index contributed by atoms with van der Waals surface area (Å²) in [6, 6.07) is 9.58. The Kier molecular flexibility index (Phi) is 7.62. The topological polar surface area (TPSA) is 87.4 Å². The lowest BCUT2D eigenvalue weighted by Gasteiger charge is -2.26. The third-order valence-corrected chi connectivity index (χ3v) is 7.13. The number of ether oxygens (including phenoxy) is 1. The van der Waals surface area contributed by atoms with Crippen molar-refractivity contribution in [3.05, 3.63) is 63.3 Å². The van der Waals surface area contributed by atoms with Gasteiger partial charge in [0.1, 0.15) is 0 Å². The van der Waals surface area contributed by atoms with E-state index in [0.29, 0.717) is 16.7 Å². The van der Waals surface area contributed by atoms with Gasteiger partial charge in [0.15, 0.2) is 0 Å². The van der Waals surface area contributed by atoms with Crippen molar-refractivity contribution in [3.8, 4) is 16.8 Å². The third kappa shape index (κ3) is 4.73. The second-order valence-electron chi connectivity index (χ2n) is 9.29. The van der Waals surface area contributed by atoms with Crippen molar-refractivity contribution < 1.29 is 9.53 Å². The number of hydrogen-bond donors (Lipinski definition) is 1. The summed E-state index contributed by atoms with van der Waals surface area (Å²) >= 11 is 0. The van der Waals surface area contributed by atoms with Crippen molar-refractivity contribution in [2.75, 3.05) is 32.8 Å². The smallest absolute Gasteiger partial charge is 0.279 e. The molecule has 0 aliphatic carbocycles. The molecule has 1 aliphatic heterocycles. The summed E-state index contributed by atoms with van der Waals surface area (Å²) in [4.78, 5) is 29.0. The molecule has 1 amide bonds. The van der Waals surface area contributed by atoms with Gasteiger partial charge in [-0.1, -0.05) is 31.5 Å². The zero-order valence-corrected chi connectivity index (χ0v) is 21.3. The molecule has 1 saturated heterocycles. The molecule has 188 valence electrons. The Balaban J connectivity index is 1.82. The van der Waals surface area contributed by atoms with Crippen LogP contribution in [-0.4, -0.2) is 57.6 Å². The van der Waals surface area contributed by atoms with Crippen LogP contribution < -0.4 is 11.3 Å². The molecule has 0 bridgehead atoms. The number of rotatable bonds is 9. The van der Waals surface area contributed by atoms with Crippen LogP contribution >= 0.6 is 0 Å². The fourth-order valence-corrected chi connectivity index (χ4v) is 5.30. The maximum Gasteiger partial charge on any atom is 0.279 e. The number of hydrogen-bond acceptors (Lipinski definition) is 4. The minimum atomic E-state index is -0.490. The quantitative estimate of drug-likeness (QED) is 0.511. The van der Waals surface area contributed by atoms with Crippen LogP contribution in [0.5, 0.6) is 0 Å². The molecule has 0 saturated carbocycles. The van der Waals surface area contributed by atoms with Gasteiger partial charge in [-0.2, -0.15) is 0 Å². The minimum Gasteiger partial charge on any atom is -0.379 e. The van der Waals surface area contributed by atoms with Crippen molar-refractivity contribution in [1.82, 2.24) is 18.8 Å². The molecular formula is C27H37N5O3. The fourth-order valence-electron chi connectivity index (χ4n) is 5.30. The Bertz CT molecular complexity index is 1250. The van der Waals surface area contributed by atoms with Gasteiger partial charge in [0, 0.05) is 55.9 Å². The Labute approximate surface area is 206 Å². The molecule has 3 aromatic rings. The van der Waals surface area contributed by atoms with Crippen LogP contribution in [0, 0.1) is 13.8 Å². The number of aromatic nitrogens is 3. The molecule has 2 N–H and O–H groups in total. The number of carbonyl (C=O) groups excluding carboxylic acids is 1. The normalized spacial score (nSPS) is 14.5. The molecule has 0 unspecified atom stereocenters. The van der Waals surface area contributed by atoms with Crippen LogP contribution in [0.3, 0.4) is 0 Å². The van der Waals surface area contributed by atoms with Crippen molar-refractivity contribution in [3.63, 3.8) is 0 Å². The van der Waals surface area contributed by atoms with E-state index in [9.17, 15) is 9.59 Å². The molecule has 0 radical (unpaired) electrons. The Morgan fingerprint density at radius 2 is 1.71 bits per heavy atom. The van der Waals surface area contributed by atoms with Gasteiger partial charge in [-0.05, 0) is 38.8 Å². The lowest BCUT2D eigenvalue weighted by atomic mass is 9.98. The fraction of sp³-hybridized carbons (Fsp3) is 0.481. The first-order valence-electron chi connectivity index (χ1n) is 12.5. The van der Waals surface area contributed by atoms with Crippen LogP contribution in [0.1, 0.15) is 47.2 Å². The average Bonchev–Trinajstić information content (AvgIpc) is 3.24. The zero-order chi connectivity index (χ0) is 25.1. The molecule has 1 fully saturated rings. The van der Waals surface area contributed by atoms with E-state index < -0.39 is 5.91 Å². The second-order valence-corrected chi connectivity index (χ2v) is 9.29. The number of nitrogens with two attached hydrogens (primary N) is 1. The predicted molar refractivity (Wildman–Crippen MR) is 138 cm³/mol. The number of benzene rings is 1. The molecular weight excluding hydrogens is 442 g/mol. The maximum atomic E-state index is 13.8. The van der Waals surface area contributed by atoms with Crippen molar-refractivity contribution in [2.24, 2.45) is 12.8 Å². The standard InChI is InChI=1S/C27H37N5O3/c1-5-10-22-25(24-19(2)29(4)32(27(24)34)21-11-7-6-8-12-21)23(26(28)33)20(3)31(22)14-9-13-30-15-17-35-18-16-30/h6-8,11-12H,5,9-10,13-18H2,1-4H3,(H2,28,33). The second kappa shape index (κ2) is 10.7. The van der Waals surface area contributed by atoms with Gasteiger partial charge in [0.25, 0.3) is 11.5 Å². The maximum absolute atomic E-state index is 13.8. The van der Waals surface area contributed by atoms with E-state index in [-0.39, 0.29) is 5.56 Å². The van der Waals surface area contributed by atoms with Gasteiger partial charge in [0.2, 0.25) is 0 Å². The zero-order valence-electron chi connectivity index (χ0n) is 21.3. The number of morpholine rings is 1. The van der Waals surface area contributed by atoms with Crippen LogP contribution in [-0.2, 0) is 24.8 Å². The van der Waals surface area contributed by atoms with Gasteiger partial charge in [-0.25, -0.2) is 4.68 Å². The Morgan fingerprint density at radius 3 is 2.34 bits per heavy atom. The average molecular weight is 480 g/mol. The molecule has 8 heteroatoms. The number of para-hydroxylation sites is 1. The molecule has 1 aliphatic rings. The van der Waals surface area contributed by atoms with Crippen LogP contribution in [0.25, 0.3) is 16.8 Å². The molecule has 3 heterocycles. The van der Waals surface area contributed by atoms with Gasteiger partial charge in [0.05, 0.1) is 30.0 Å². The molecule has 35 heavy (non-hydrogen) atoms. The molecule has 1 aromatic carbocycles. The van der Waals surface area contributed by atoms with Crippen LogP contribution in [0.2, 0.25) is 0 Å². The number of carbonyl (C=O) groups is 1. The monoisotopic (exact) mass is 479 g/mol. The van der Waals surface area contributed by atoms with Crippen LogP contribution in [0.4, 0.5) is 0 Å². The Hall–Kier alpha value is -3.10. The van der Waals surface area contributed by atoms with Gasteiger partial charge < -0.3 is 15.0 Å². The van der Waals surface area contributed by atoms with E-state index in [1.807, 2.05) is 55.9 Å². The summed E-state index contributed by atoms with van der Waals surface area (Å²) in [7, 11) is 1.88. The predicted octanol–water partition coefficient (Wildman–Crippen LogP) is 3.04. The van der Waals surface area contributed by atoms with Crippen molar-refractivity contribution in [1.29, 1.82) is 0 Å². The highest BCUT2D eigenvalue weighted by atomic mass is 16.5. The van der Waals surface area contributed by atoms with E-state index in [2.05, 4.69) is 16.4 Å². The summed E-state index contributed by atoms with van der Waals surface area (Å²) in [6.45, 7) is 11.2. The van der Waals surface area contributed by atoms with Gasteiger partial charge in [-0.3, -0.25) is 19.2 Å². The molecule has 4 rings (SSSR count). The first-order chi connectivity index (χ1) is 16.9. The highest BCUT2D eigenvalue weighted by Gasteiger charge is 2.29. The van der Waals surface area contributed by atoms with Gasteiger partial charge >= 0.3 is 0 Å². The highest BCUT2D eigenvalue weighted by molar-refractivity contribution is 6.02. The van der Waals surface area contributed by atoms with E-state index in [1.165, 1.54) is 0 Å². The third-order valence-electron chi connectivity index (χ3n) is 7.13. The molecule has 2 aromatic heterocycles. The number of amides is 1. The lowest BCUT2D eigenvalue weighted by Crippen LogP contribution is -2.37. The largest absolute Gasteiger partial charge is 0.379 e.